The molecule has 1 atom stereocenters. The largest absolute Gasteiger partial charge is 0.354 e. The summed E-state index contributed by atoms with van der Waals surface area (Å²) in [6.07, 6.45) is 3.35. The van der Waals surface area contributed by atoms with Crippen LogP contribution >= 0.6 is 7.60 Å². The van der Waals surface area contributed by atoms with Gasteiger partial charge in [0.2, 0.25) is 0 Å². The lowest BCUT2D eigenvalue weighted by Crippen LogP contribution is -2.35. The minimum atomic E-state index is -4.13. The van der Waals surface area contributed by atoms with Crippen LogP contribution in [-0.2, 0) is 4.57 Å². The Morgan fingerprint density at radius 2 is 2.06 bits per heavy atom. The highest BCUT2D eigenvalue weighted by molar-refractivity contribution is 7.53. The Morgan fingerprint density at radius 3 is 2.69 bits per heavy atom. The minimum Gasteiger partial charge on any atom is -0.354 e. The predicted octanol–water partition coefficient (Wildman–Crippen LogP) is 2.04. The van der Waals surface area contributed by atoms with Crippen molar-refractivity contribution in [1.82, 2.24) is 0 Å². The van der Waals surface area contributed by atoms with Gasteiger partial charge in [0.25, 0.3) is 0 Å². The Hall–Kier alpha value is -1.09. The van der Waals surface area contributed by atoms with E-state index in [1.54, 1.807) is 17.1 Å². The van der Waals surface area contributed by atoms with Crippen LogP contribution in [0.1, 0.15) is 12.5 Å². The molecule has 0 aromatic heterocycles. The van der Waals surface area contributed by atoms with E-state index in [1.807, 2.05) is 31.2 Å². The lowest BCUT2D eigenvalue weighted by molar-refractivity contribution is 0.363. The Balaban J connectivity index is 2.48. The number of likely N-dealkylation sites (N-methyl/N-ethyl adjacent to an activating group) is 1. The van der Waals surface area contributed by atoms with Gasteiger partial charge in [-0.25, -0.2) is 0 Å². The zero-order valence-corrected chi connectivity index (χ0v) is 9.84. The molecule has 0 radical (unpaired) electrons. The smallest absolute Gasteiger partial charge is 0.351 e. The SMILES string of the molecule is CCN1c2ccccc2C=CC1P(=O)(O)O. The molecule has 86 valence electrons. The van der Waals surface area contributed by atoms with Crippen molar-refractivity contribution in [3.05, 3.63) is 35.9 Å². The predicted molar refractivity (Wildman–Crippen MR) is 64.3 cm³/mol. The molecule has 1 heterocycles. The molecular formula is C11H14NO3P. The van der Waals surface area contributed by atoms with Gasteiger partial charge < -0.3 is 14.7 Å². The fraction of sp³-hybridized carbons (Fsp3) is 0.273. The van der Waals surface area contributed by atoms with E-state index in [9.17, 15) is 14.4 Å². The molecular weight excluding hydrogens is 225 g/mol. The minimum absolute atomic E-state index is 0.567. The van der Waals surface area contributed by atoms with Gasteiger partial charge in [-0.05, 0) is 24.6 Å². The van der Waals surface area contributed by atoms with Gasteiger partial charge in [0.05, 0.1) is 0 Å². The molecule has 2 N–H and O–H groups in total. The first kappa shape index (κ1) is 11.4. The third-order valence-corrected chi connectivity index (χ3v) is 3.84. The van der Waals surface area contributed by atoms with Crippen LogP contribution < -0.4 is 4.90 Å². The van der Waals surface area contributed by atoms with Crippen molar-refractivity contribution in [3.63, 3.8) is 0 Å². The number of nitrogens with zero attached hydrogens (tertiary/aromatic N) is 1. The third kappa shape index (κ3) is 1.92. The number of benzene rings is 1. The van der Waals surface area contributed by atoms with Gasteiger partial charge in [-0.2, -0.15) is 0 Å². The van der Waals surface area contributed by atoms with Crippen molar-refractivity contribution < 1.29 is 14.4 Å². The molecule has 1 unspecified atom stereocenters. The standard InChI is InChI=1S/C11H14NO3P/c1-2-12-10-6-4-3-5-9(10)7-8-11(12)16(13,14)15/h3-8,11H,2H2,1H3,(H2,13,14,15). The molecule has 0 fully saturated rings. The maximum atomic E-state index is 11.4. The Bertz CT molecular complexity index is 466. The van der Waals surface area contributed by atoms with E-state index in [4.69, 9.17) is 0 Å². The number of anilines is 1. The summed E-state index contributed by atoms with van der Waals surface area (Å²) in [5, 5.41) is 0. The molecule has 1 aromatic carbocycles. The van der Waals surface area contributed by atoms with Crippen LogP contribution in [-0.4, -0.2) is 22.1 Å². The van der Waals surface area contributed by atoms with Crippen LogP contribution in [0.4, 0.5) is 5.69 Å². The molecule has 1 aliphatic rings. The van der Waals surface area contributed by atoms with Gasteiger partial charge in [-0.1, -0.05) is 24.3 Å². The first-order chi connectivity index (χ1) is 7.54. The average Bonchev–Trinajstić information content (AvgIpc) is 2.26. The second-order valence-corrected chi connectivity index (χ2v) is 5.41. The molecule has 0 spiro atoms. The molecule has 5 heteroatoms. The summed E-state index contributed by atoms with van der Waals surface area (Å²) in [7, 11) is -4.13. The van der Waals surface area contributed by atoms with E-state index in [2.05, 4.69) is 0 Å². The van der Waals surface area contributed by atoms with E-state index >= 15 is 0 Å². The van der Waals surface area contributed by atoms with Gasteiger partial charge in [0.15, 0.2) is 5.78 Å². The monoisotopic (exact) mass is 239 g/mol. The zero-order valence-electron chi connectivity index (χ0n) is 8.95. The second-order valence-electron chi connectivity index (χ2n) is 3.71. The van der Waals surface area contributed by atoms with Gasteiger partial charge in [0.1, 0.15) is 0 Å². The normalized spacial score (nSPS) is 19.7. The average molecular weight is 239 g/mol. The van der Waals surface area contributed by atoms with Crippen molar-refractivity contribution >= 4 is 19.4 Å². The summed E-state index contributed by atoms with van der Waals surface area (Å²) in [6.45, 7) is 2.45. The molecule has 2 rings (SSSR count). The van der Waals surface area contributed by atoms with Crippen LogP contribution in [0.15, 0.2) is 30.3 Å². The molecule has 1 aliphatic heterocycles. The number of hydrogen-bond donors (Lipinski definition) is 2. The van der Waals surface area contributed by atoms with Gasteiger partial charge in [-0.15, -0.1) is 0 Å². The number of fused-ring (bicyclic) bond motifs is 1. The van der Waals surface area contributed by atoms with Crippen molar-refractivity contribution in [2.45, 2.75) is 12.7 Å². The molecule has 0 amide bonds. The van der Waals surface area contributed by atoms with Crippen LogP contribution in [0.2, 0.25) is 0 Å². The highest BCUT2D eigenvalue weighted by Gasteiger charge is 2.34. The highest BCUT2D eigenvalue weighted by Crippen LogP contribution is 2.47. The van der Waals surface area contributed by atoms with E-state index < -0.39 is 13.4 Å². The topological polar surface area (TPSA) is 60.8 Å². The molecule has 0 aliphatic carbocycles. The van der Waals surface area contributed by atoms with E-state index in [-0.39, 0.29) is 0 Å². The first-order valence-corrected chi connectivity index (χ1v) is 6.81. The number of rotatable bonds is 2. The number of para-hydroxylation sites is 1. The fourth-order valence-corrected chi connectivity index (χ4v) is 2.94. The van der Waals surface area contributed by atoms with Crippen LogP contribution in [0.5, 0.6) is 0 Å². The third-order valence-electron chi connectivity index (χ3n) is 2.70. The Kier molecular flexibility index (Phi) is 2.89. The van der Waals surface area contributed by atoms with Crippen LogP contribution in [0.25, 0.3) is 6.08 Å². The Labute approximate surface area is 94.4 Å². The molecule has 1 aromatic rings. The van der Waals surface area contributed by atoms with Crippen LogP contribution in [0.3, 0.4) is 0 Å². The first-order valence-electron chi connectivity index (χ1n) is 5.13. The summed E-state index contributed by atoms with van der Waals surface area (Å²) in [4.78, 5) is 20.3. The van der Waals surface area contributed by atoms with Crippen LogP contribution in [0, 0.1) is 0 Å². The highest BCUT2D eigenvalue weighted by atomic mass is 31.2. The number of hydrogen-bond acceptors (Lipinski definition) is 2. The Morgan fingerprint density at radius 1 is 1.38 bits per heavy atom. The zero-order chi connectivity index (χ0) is 11.8. The van der Waals surface area contributed by atoms with Crippen molar-refractivity contribution in [2.24, 2.45) is 0 Å². The van der Waals surface area contributed by atoms with E-state index in [0.717, 1.165) is 11.3 Å². The molecule has 16 heavy (non-hydrogen) atoms. The van der Waals surface area contributed by atoms with Crippen molar-refractivity contribution in [2.75, 3.05) is 11.4 Å². The molecule has 0 saturated carbocycles. The van der Waals surface area contributed by atoms with Gasteiger partial charge >= 0.3 is 7.60 Å². The lowest BCUT2D eigenvalue weighted by Gasteiger charge is -2.34. The summed E-state index contributed by atoms with van der Waals surface area (Å²) < 4.78 is 11.4. The quantitative estimate of drug-likeness (QED) is 0.775. The molecule has 0 saturated heterocycles. The lowest BCUT2D eigenvalue weighted by atomic mass is 10.1. The molecule has 4 nitrogen and oxygen atoms in total. The maximum Gasteiger partial charge on any atom is 0.351 e. The molecule has 0 bridgehead atoms. The van der Waals surface area contributed by atoms with Crippen molar-refractivity contribution in [3.8, 4) is 0 Å². The summed E-state index contributed by atoms with van der Waals surface area (Å²) >= 11 is 0. The van der Waals surface area contributed by atoms with Gasteiger partial charge in [-0.3, -0.25) is 4.57 Å². The fourth-order valence-electron chi connectivity index (χ4n) is 1.98. The summed E-state index contributed by atoms with van der Waals surface area (Å²) in [6, 6.07) is 7.60. The summed E-state index contributed by atoms with van der Waals surface area (Å²) in [5.74, 6) is -0.840. The maximum absolute atomic E-state index is 11.4. The van der Waals surface area contributed by atoms with Crippen molar-refractivity contribution in [1.29, 1.82) is 0 Å². The van der Waals surface area contributed by atoms with E-state index in [0.29, 0.717) is 6.54 Å². The summed E-state index contributed by atoms with van der Waals surface area (Å²) in [5.41, 5.74) is 1.87. The van der Waals surface area contributed by atoms with E-state index in [1.165, 1.54) is 0 Å². The second kappa shape index (κ2) is 4.06. The van der Waals surface area contributed by atoms with Gasteiger partial charge in [0, 0.05) is 12.2 Å².